The van der Waals surface area contributed by atoms with Crippen LogP contribution in [0.5, 0.6) is 0 Å². The summed E-state index contributed by atoms with van der Waals surface area (Å²) in [5.41, 5.74) is 13.9. The van der Waals surface area contributed by atoms with E-state index in [2.05, 4.69) is 79.7 Å². The average Bonchev–Trinajstić information content (AvgIpc) is 2.51. The second-order valence-electron chi connectivity index (χ2n) is 7.49. The highest BCUT2D eigenvalue weighted by atomic mass is 14.2. The molecule has 124 valence electrons. The van der Waals surface area contributed by atoms with Crippen molar-refractivity contribution in [1.29, 1.82) is 0 Å². The van der Waals surface area contributed by atoms with Gasteiger partial charge >= 0.3 is 0 Å². The Morgan fingerprint density at radius 1 is 0.417 bits per heavy atom. The Kier molecular flexibility index (Phi) is 4.03. The first-order valence-electron chi connectivity index (χ1n) is 8.81. The van der Waals surface area contributed by atoms with E-state index in [4.69, 9.17) is 0 Å². The van der Waals surface area contributed by atoms with Gasteiger partial charge in [-0.05, 0) is 122 Å². The van der Waals surface area contributed by atoms with Gasteiger partial charge in [-0.2, -0.15) is 0 Å². The Labute approximate surface area is 146 Å². The van der Waals surface area contributed by atoms with E-state index in [0.717, 1.165) is 0 Å². The lowest BCUT2D eigenvalue weighted by Gasteiger charge is -2.21. The van der Waals surface area contributed by atoms with Crippen LogP contribution in [0.15, 0.2) is 24.3 Å². The minimum Gasteiger partial charge on any atom is -0.0558 e. The van der Waals surface area contributed by atoms with Gasteiger partial charge in [0.05, 0.1) is 0 Å². The summed E-state index contributed by atoms with van der Waals surface area (Å²) in [6.45, 7) is 17.9. The van der Waals surface area contributed by atoms with Crippen LogP contribution in [-0.4, -0.2) is 0 Å². The molecule has 0 fully saturated rings. The lowest BCUT2D eigenvalue weighted by molar-refractivity contribution is 1.23. The Bertz CT molecular complexity index is 940. The number of rotatable bonds is 1. The molecular formula is C24H28. The Hall–Kier alpha value is -2.08. The van der Waals surface area contributed by atoms with E-state index in [9.17, 15) is 0 Å². The van der Waals surface area contributed by atoms with Gasteiger partial charge < -0.3 is 0 Å². The van der Waals surface area contributed by atoms with Crippen molar-refractivity contribution in [3.63, 3.8) is 0 Å². The molecule has 0 aliphatic rings. The Balaban J connectivity index is 2.56. The van der Waals surface area contributed by atoms with Crippen molar-refractivity contribution >= 4 is 10.8 Å². The van der Waals surface area contributed by atoms with Crippen LogP contribution in [0.25, 0.3) is 21.9 Å². The van der Waals surface area contributed by atoms with Crippen LogP contribution in [0.3, 0.4) is 0 Å². The maximum absolute atomic E-state index is 2.38. The number of aryl methyl sites for hydroxylation is 5. The summed E-state index contributed by atoms with van der Waals surface area (Å²) in [4.78, 5) is 0. The molecule has 0 aliphatic heterocycles. The largest absolute Gasteiger partial charge is 0.0558 e. The smallest absolute Gasteiger partial charge is 0.00678 e. The van der Waals surface area contributed by atoms with Crippen molar-refractivity contribution in [3.05, 3.63) is 68.8 Å². The molecule has 0 saturated heterocycles. The first kappa shape index (κ1) is 16.8. The third-order valence-electron chi connectivity index (χ3n) is 5.89. The normalized spacial score (nSPS) is 11.3. The molecule has 3 aromatic rings. The number of benzene rings is 3. The van der Waals surface area contributed by atoms with Gasteiger partial charge in [0.1, 0.15) is 0 Å². The zero-order valence-electron chi connectivity index (χ0n) is 16.3. The quantitative estimate of drug-likeness (QED) is 0.454. The molecule has 3 aromatic carbocycles. The third-order valence-corrected chi connectivity index (χ3v) is 5.89. The second-order valence-corrected chi connectivity index (χ2v) is 7.49. The molecule has 3 rings (SSSR count). The lowest BCUT2D eigenvalue weighted by atomic mass is 9.83. The maximum atomic E-state index is 2.38. The van der Waals surface area contributed by atoms with Crippen LogP contribution in [0.4, 0.5) is 0 Å². The fourth-order valence-corrected chi connectivity index (χ4v) is 3.83. The van der Waals surface area contributed by atoms with Gasteiger partial charge in [-0.25, -0.2) is 0 Å². The summed E-state index contributed by atoms with van der Waals surface area (Å²) in [6, 6.07) is 9.38. The van der Waals surface area contributed by atoms with Crippen molar-refractivity contribution < 1.29 is 0 Å². The first-order chi connectivity index (χ1) is 11.2. The number of fused-ring (bicyclic) bond motifs is 1. The molecule has 0 heterocycles. The highest BCUT2D eigenvalue weighted by Gasteiger charge is 2.17. The van der Waals surface area contributed by atoms with Gasteiger partial charge in [-0.3, -0.25) is 0 Å². The van der Waals surface area contributed by atoms with E-state index < -0.39 is 0 Å². The van der Waals surface area contributed by atoms with Gasteiger partial charge in [-0.15, -0.1) is 0 Å². The van der Waals surface area contributed by atoms with E-state index in [0.29, 0.717) is 0 Å². The SMILES string of the molecule is Cc1cc2cc(C)c(C)c(-c3c(C)c(C)cc(C)c3C)c2cc1C. The van der Waals surface area contributed by atoms with Crippen molar-refractivity contribution in [2.24, 2.45) is 0 Å². The average molecular weight is 316 g/mol. The van der Waals surface area contributed by atoms with Crippen molar-refractivity contribution in [1.82, 2.24) is 0 Å². The molecule has 0 unspecified atom stereocenters. The molecule has 0 amide bonds. The molecule has 0 saturated carbocycles. The number of hydrogen-bond acceptors (Lipinski definition) is 0. The molecule has 0 atom stereocenters. The van der Waals surface area contributed by atoms with E-state index >= 15 is 0 Å². The summed E-state index contributed by atoms with van der Waals surface area (Å²) >= 11 is 0. The molecule has 0 heteroatoms. The molecule has 0 nitrogen and oxygen atoms in total. The third kappa shape index (κ3) is 2.45. The van der Waals surface area contributed by atoms with Crippen LogP contribution in [-0.2, 0) is 0 Å². The highest BCUT2D eigenvalue weighted by Crippen LogP contribution is 2.40. The summed E-state index contributed by atoms with van der Waals surface area (Å²) < 4.78 is 0. The fourth-order valence-electron chi connectivity index (χ4n) is 3.83. The molecule has 24 heavy (non-hydrogen) atoms. The van der Waals surface area contributed by atoms with E-state index in [1.807, 2.05) is 0 Å². The molecule has 0 aromatic heterocycles. The van der Waals surface area contributed by atoms with Crippen molar-refractivity contribution in [3.8, 4) is 11.1 Å². The molecular weight excluding hydrogens is 288 g/mol. The number of hydrogen-bond donors (Lipinski definition) is 0. The predicted octanol–water partition coefficient (Wildman–Crippen LogP) is 6.97. The first-order valence-corrected chi connectivity index (χ1v) is 8.81. The fraction of sp³-hybridized carbons (Fsp3) is 0.333. The minimum absolute atomic E-state index is 1.36. The van der Waals surface area contributed by atoms with Gasteiger partial charge in [0.2, 0.25) is 0 Å². The van der Waals surface area contributed by atoms with E-state index in [1.165, 1.54) is 66.4 Å². The second kappa shape index (κ2) is 5.77. The summed E-state index contributed by atoms with van der Waals surface area (Å²) in [7, 11) is 0. The van der Waals surface area contributed by atoms with E-state index in [-0.39, 0.29) is 0 Å². The van der Waals surface area contributed by atoms with Crippen LogP contribution in [0.2, 0.25) is 0 Å². The monoisotopic (exact) mass is 316 g/mol. The van der Waals surface area contributed by atoms with Crippen molar-refractivity contribution in [2.45, 2.75) is 55.4 Å². The van der Waals surface area contributed by atoms with E-state index in [1.54, 1.807) is 0 Å². The lowest BCUT2D eigenvalue weighted by Crippen LogP contribution is -1.99. The van der Waals surface area contributed by atoms with Crippen LogP contribution in [0, 0.1) is 55.4 Å². The van der Waals surface area contributed by atoms with Crippen LogP contribution >= 0.6 is 0 Å². The topological polar surface area (TPSA) is 0 Å². The summed E-state index contributed by atoms with van der Waals surface area (Å²) in [5, 5.41) is 2.74. The molecule has 0 aliphatic carbocycles. The zero-order chi connectivity index (χ0) is 17.8. The molecule has 0 radical (unpaired) electrons. The zero-order valence-corrected chi connectivity index (χ0v) is 16.3. The molecule has 0 N–H and O–H groups in total. The van der Waals surface area contributed by atoms with Gasteiger partial charge in [0, 0.05) is 0 Å². The van der Waals surface area contributed by atoms with Gasteiger partial charge in [0.15, 0.2) is 0 Å². The summed E-state index contributed by atoms with van der Waals surface area (Å²) in [5.74, 6) is 0. The Morgan fingerprint density at radius 2 is 0.833 bits per heavy atom. The highest BCUT2D eigenvalue weighted by molar-refractivity contribution is 6.01. The maximum Gasteiger partial charge on any atom is -0.00678 e. The predicted molar refractivity (Wildman–Crippen MR) is 107 cm³/mol. The van der Waals surface area contributed by atoms with Gasteiger partial charge in [-0.1, -0.05) is 24.3 Å². The molecule has 0 spiro atoms. The minimum atomic E-state index is 1.36. The van der Waals surface area contributed by atoms with Gasteiger partial charge in [0.25, 0.3) is 0 Å². The van der Waals surface area contributed by atoms with Crippen molar-refractivity contribution in [2.75, 3.05) is 0 Å². The standard InChI is InChI=1S/C24H28/c1-13-10-21-11-17(5)20(8)24(22(21)12-14(13)2)23-18(6)15(3)9-16(4)19(23)7/h9-12H,1-8H3. The Morgan fingerprint density at radius 3 is 1.42 bits per heavy atom. The summed E-state index contributed by atoms with van der Waals surface area (Å²) in [6.07, 6.45) is 0. The van der Waals surface area contributed by atoms with Crippen LogP contribution < -0.4 is 0 Å². The van der Waals surface area contributed by atoms with Crippen LogP contribution in [0.1, 0.15) is 44.5 Å². The molecule has 0 bridgehead atoms.